The number of amides is 1. The molecule has 1 aromatic carbocycles. The Bertz CT molecular complexity index is 549. The van der Waals surface area contributed by atoms with Crippen LogP contribution < -0.4 is 10.1 Å². The molecule has 0 aromatic heterocycles. The monoisotopic (exact) mass is 304 g/mol. The van der Waals surface area contributed by atoms with Crippen LogP contribution in [-0.2, 0) is 4.79 Å². The van der Waals surface area contributed by atoms with Gasteiger partial charge in [0.05, 0.1) is 17.2 Å². The summed E-state index contributed by atoms with van der Waals surface area (Å²) in [4.78, 5) is 12.0. The molecule has 0 saturated carbocycles. The average Bonchev–Trinajstić information content (AvgIpc) is 2.51. The van der Waals surface area contributed by atoms with Crippen molar-refractivity contribution in [3.63, 3.8) is 0 Å². The molecule has 0 saturated heterocycles. The maximum Gasteiger partial charge on any atom is 0.260 e. The van der Waals surface area contributed by atoms with Gasteiger partial charge in [0.2, 0.25) is 0 Å². The number of carbonyl (C=O) groups is 1. The third kappa shape index (κ3) is 5.05. The third-order valence-electron chi connectivity index (χ3n) is 3.94. The molecule has 120 valence electrons. The van der Waals surface area contributed by atoms with Gasteiger partial charge in [0.1, 0.15) is 5.75 Å². The minimum Gasteiger partial charge on any atom is -0.481 e. The second kappa shape index (κ2) is 7.81. The second-order valence-electron chi connectivity index (χ2n) is 5.78. The van der Waals surface area contributed by atoms with E-state index in [2.05, 4.69) is 5.32 Å². The molecule has 5 heteroatoms. The SMILES string of the molecule is CCC(C)C(C)(O)CNC(=O)C(C)Oc1cccc(C#N)c1. The number of benzene rings is 1. The first-order valence-corrected chi connectivity index (χ1v) is 7.47. The largest absolute Gasteiger partial charge is 0.481 e. The quantitative estimate of drug-likeness (QED) is 0.809. The number of rotatable bonds is 7. The lowest BCUT2D eigenvalue weighted by Crippen LogP contribution is -2.48. The number of hydrogen-bond donors (Lipinski definition) is 2. The van der Waals surface area contributed by atoms with Crippen molar-refractivity contribution in [3.8, 4) is 11.8 Å². The highest BCUT2D eigenvalue weighted by molar-refractivity contribution is 5.80. The van der Waals surface area contributed by atoms with Gasteiger partial charge in [-0.1, -0.05) is 26.3 Å². The van der Waals surface area contributed by atoms with Gasteiger partial charge in [-0.15, -0.1) is 0 Å². The van der Waals surface area contributed by atoms with E-state index in [1.54, 1.807) is 38.1 Å². The molecule has 0 radical (unpaired) electrons. The van der Waals surface area contributed by atoms with Crippen LogP contribution in [0.5, 0.6) is 5.75 Å². The summed E-state index contributed by atoms with van der Waals surface area (Å²) in [7, 11) is 0. The van der Waals surface area contributed by atoms with E-state index in [1.807, 2.05) is 19.9 Å². The summed E-state index contributed by atoms with van der Waals surface area (Å²) >= 11 is 0. The van der Waals surface area contributed by atoms with Crippen LogP contribution in [0.15, 0.2) is 24.3 Å². The molecular weight excluding hydrogens is 280 g/mol. The van der Waals surface area contributed by atoms with E-state index in [1.165, 1.54) is 0 Å². The fourth-order valence-electron chi connectivity index (χ4n) is 1.92. The molecule has 0 aliphatic carbocycles. The van der Waals surface area contributed by atoms with Crippen LogP contribution >= 0.6 is 0 Å². The van der Waals surface area contributed by atoms with Crippen molar-refractivity contribution >= 4 is 5.91 Å². The first-order valence-electron chi connectivity index (χ1n) is 7.47. The summed E-state index contributed by atoms with van der Waals surface area (Å²) in [5.41, 5.74) is -0.477. The van der Waals surface area contributed by atoms with Crippen molar-refractivity contribution in [1.82, 2.24) is 5.32 Å². The smallest absolute Gasteiger partial charge is 0.260 e. The molecule has 0 heterocycles. The second-order valence-corrected chi connectivity index (χ2v) is 5.78. The molecule has 0 aliphatic rings. The molecule has 22 heavy (non-hydrogen) atoms. The van der Waals surface area contributed by atoms with Gasteiger partial charge in [0, 0.05) is 6.54 Å². The number of ether oxygens (including phenoxy) is 1. The van der Waals surface area contributed by atoms with E-state index in [0.717, 1.165) is 6.42 Å². The number of hydrogen-bond acceptors (Lipinski definition) is 4. The average molecular weight is 304 g/mol. The van der Waals surface area contributed by atoms with Gasteiger partial charge in [0.15, 0.2) is 6.10 Å². The Morgan fingerprint density at radius 1 is 1.50 bits per heavy atom. The Kier molecular flexibility index (Phi) is 6.39. The summed E-state index contributed by atoms with van der Waals surface area (Å²) in [5, 5.41) is 21.8. The summed E-state index contributed by atoms with van der Waals surface area (Å²) in [6, 6.07) is 8.67. The summed E-state index contributed by atoms with van der Waals surface area (Å²) in [6.45, 7) is 7.46. The Morgan fingerprint density at radius 2 is 2.18 bits per heavy atom. The van der Waals surface area contributed by atoms with E-state index >= 15 is 0 Å². The van der Waals surface area contributed by atoms with Crippen molar-refractivity contribution < 1.29 is 14.6 Å². The third-order valence-corrected chi connectivity index (χ3v) is 3.94. The lowest BCUT2D eigenvalue weighted by Gasteiger charge is -2.30. The van der Waals surface area contributed by atoms with Gasteiger partial charge in [-0.3, -0.25) is 4.79 Å². The van der Waals surface area contributed by atoms with E-state index in [9.17, 15) is 9.90 Å². The zero-order valence-electron chi connectivity index (χ0n) is 13.6. The predicted octanol–water partition coefficient (Wildman–Crippen LogP) is 2.24. The van der Waals surface area contributed by atoms with Gasteiger partial charge >= 0.3 is 0 Å². The standard InChI is InChI=1S/C17H24N2O3/c1-5-12(2)17(4,21)11-19-16(20)13(3)22-15-8-6-7-14(9-15)10-18/h6-9,12-13,21H,5,11H2,1-4H3,(H,19,20). The van der Waals surface area contributed by atoms with Crippen molar-refractivity contribution in [2.75, 3.05) is 6.54 Å². The zero-order chi connectivity index (χ0) is 16.8. The van der Waals surface area contributed by atoms with Gasteiger partial charge < -0.3 is 15.2 Å². The summed E-state index contributed by atoms with van der Waals surface area (Å²) in [6.07, 6.45) is 0.122. The molecule has 0 aliphatic heterocycles. The molecule has 0 fully saturated rings. The van der Waals surface area contributed by atoms with Crippen molar-refractivity contribution in [2.24, 2.45) is 5.92 Å². The number of carbonyl (C=O) groups excluding carboxylic acids is 1. The Morgan fingerprint density at radius 3 is 2.77 bits per heavy atom. The Hall–Kier alpha value is -2.06. The maximum atomic E-state index is 12.0. The van der Waals surface area contributed by atoms with E-state index in [-0.39, 0.29) is 18.4 Å². The molecule has 3 unspecified atom stereocenters. The molecule has 1 rings (SSSR count). The maximum absolute atomic E-state index is 12.0. The van der Waals surface area contributed by atoms with Crippen LogP contribution in [0.4, 0.5) is 0 Å². The molecule has 3 atom stereocenters. The van der Waals surface area contributed by atoms with Gasteiger partial charge in [-0.2, -0.15) is 5.26 Å². The molecule has 1 amide bonds. The lowest BCUT2D eigenvalue weighted by molar-refractivity contribution is -0.128. The highest BCUT2D eigenvalue weighted by Gasteiger charge is 2.28. The molecule has 0 spiro atoms. The minimum absolute atomic E-state index is 0.0799. The highest BCUT2D eigenvalue weighted by atomic mass is 16.5. The topological polar surface area (TPSA) is 82.3 Å². The summed E-state index contributed by atoms with van der Waals surface area (Å²) in [5.74, 6) is 0.248. The van der Waals surface area contributed by atoms with Crippen LogP contribution in [-0.4, -0.2) is 29.3 Å². The zero-order valence-corrected chi connectivity index (χ0v) is 13.6. The van der Waals surface area contributed by atoms with Crippen molar-refractivity contribution in [3.05, 3.63) is 29.8 Å². The molecule has 5 nitrogen and oxygen atoms in total. The molecule has 0 bridgehead atoms. The number of nitrogens with zero attached hydrogens (tertiary/aromatic N) is 1. The fraction of sp³-hybridized carbons (Fsp3) is 0.529. The normalized spacial score (nSPS) is 16.0. The first kappa shape index (κ1) is 18.0. The van der Waals surface area contributed by atoms with Crippen LogP contribution in [0, 0.1) is 17.2 Å². The Balaban J connectivity index is 2.57. The van der Waals surface area contributed by atoms with Crippen LogP contribution in [0.3, 0.4) is 0 Å². The predicted molar refractivity (Wildman–Crippen MR) is 84.3 cm³/mol. The summed E-state index contributed by atoms with van der Waals surface area (Å²) < 4.78 is 5.53. The minimum atomic E-state index is -0.954. The van der Waals surface area contributed by atoms with E-state index in [0.29, 0.717) is 11.3 Å². The van der Waals surface area contributed by atoms with Crippen molar-refractivity contribution in [1.29, 1.82) is 5.26 Å². The molecule has 2 N–H and O–H groups in total. The number of aliphatic hydroxyl groups is 1. The highest BCUT2D eigenvalue weighted by Crippen LogP contribution is 2.19. The lowest BCUT2D eigenvalue weighted by atomic mass is 9.88. The molecule has 1 aromatic rings. The fourth-order valence-corrected chi connectivity index (χ4v) is 1.92. The number of nitriles is 1. The molecular formula is C17H24N2O3. The van der Waals surface area contributed by atoms with Crippen LogP contribution in [0.1, 0.15) is 39.7 Å². The van der Waals surface area contributed by atoms with Crippen molar-refractivity contribution in [2.45, 2.75) is 45.8 Å². The van der Waals surface area contributed by atoms with Crippen LogP contribution in [0.2, 0.25) is 0 Å². The van der Waals surface area contributed by atoms with Gasteiger partial charge in [0.25, 0.3) is 5.91 Å². The first-order chi connectivity index (χ1) is 10.3. The number of nitrogens with one attached hydrogen (secondary N) is 1. The van der Waals surface area contributed by atoms with Crippen LogP contribution in [0.25, 0.3) is 0 Å². The van der Waals surface area contributed by atoms with Gasteiger partial charge in [-0.25, -0.2) is 0 Å². The van der Waals surface area contributed by atoms with E-state index in [4.69, 9.17) is 10.00 Å². The Labute approximate surface area is 131 Å². The van der Waals surface area contributed by atoms with Gasteiger partial charge in [-0.05, 0) is 38.0 Å². The van der Waals surface area contributed by atoms with E-state index < -0.39 is 11.7 Å².